The van der Waals surface area contributed by atoms with E-state index in [1.807, 2.05) is 0 Å². The molecule has 8 nitrogen and oxygen atoms in total. The van der Waals surface area contributed by atoms with Crippen molar-refractivity contribution in [2.45, 2.75) is 19.9 Å². The van der Waals surface area contributed by atoms with Crippen molar-refractivity contribution in [3.05, 3.63) is 30.2 Å². The van der Waals surface area contributed by atoms with Crippen molar-refractivity contribution in [2.75, 3.05) is 10.6 Å². The Morgan fingerprint density at radius 3 is 3.14 bits per heavy atom. The lowest BCUT2D eigenvalue weighted by Gasteiger charge is -2.21. The molecular formula is C13H14N6O2. The first-order chi connectivity index (χ1) is 10.1. The Hall–Kier alpha value is -2.77. The summed E-state index contributed by atoms with van der Waals surface area (Å²) < 4.78 is 1.61. The van der Waals surface area contributed by atoms with Gasteiger partial charge in [0.05, 0.1) is 12.5 Å². The van der Waals surface area contributed by atoms with Crippen LogP contribution in [-0.2, 0) is 16.1 Å². The quantitative estimate of drug-likeness (QED) is 0.859. The molecule has 0 spiro atoms. The van der Waals surface area contributed by atoms with Gasteiger partial charge in [0.1, 0.15) is 11.6 Å². The van der Waals surface area contributed by atoms with Gasteiger partial charge in [0.15, 0.2) is 0 Å². The standard InChI is InChI=1S/C13H14N6O2/c1-8-15-13-17-12(21)9(7-19(13)18-8)6-11(20)16-10-4-2-3-5-14-10/h2-5,9H,6-7H2,1H3,(H,14,16,20)(H,15,17,18,21)/t9-/m1/s1. The molecule has 108 valence electrons. The molecule has 0 fully saturated rings. The molecular weight excluding hydrogens is 272 g/mol. The van der Waals surface area contributed by atoms with E-state index in [1.165, 1.54) is 0 Å². The molecule has 8 heteroatoms. The number of carbonyl (C=O) groups is 2. The summed E-state index contributed by atoms with van der Waals surface area (Å²) >= 11 is 0. The molecule has 3 heterocycles. The Kier molecular flexibility index (Phi) is 3.35. The molecule has 1 aliphatic heterocycles. The second-order valence-electron chi connectivity index (χ2n) is 4.82. The third-order valence-corrected chi connectivity index (χ3v) is 3.14. The van der Waals surface area contributed by atoms with Gasteiger partial charge in [-0.15, -0.1) is 0 Å². The Morgan fingerprint density at radius 2 is 2.38 bits per heavy atom. The largest absolute Gasteiger partial charge is 0.311 e. The van der Waals surface area contributed by atoms with Crippen LogP contribution in [0.1, 0.15) is 12.2 Å². The highest BCUT2D eigenvalue weighted by Gasteiger charge is 2.29. The number of anilines is 2. The molecule has 0 saturated carbocycles. The molecule has 0 unspecified atom stereocenters. The fraction of sp³-hybridized carbons (Fsp3) is 0.308. The van der Waals surface area contributed by atoms with Gasteiger partial charge in [0.25, 0.3) is 0 Å². The summed E-state index contributed by atoms with van der Waals surface area (Å²) in [6.45, 7) is 2.10. The molecule has 2 amide bonds. The molecule has 0 aromatic carbocycles. The lowest BCUT2D eigenvalue weighted by Crippen LogP contribution is -2.36. The number of hydrogen-bond acceptors (Lipinski definition) is 5. The van der Waals surface area contributed by atoms with Crippen LogP contribution in [-0.4, -0.2) is 31.6 Å². The van der Waals surface area contributed by atoms with Crippen molar-refractivity contribution in [1.29, 1.82) is 0 Å². The van der Waals surface area contributed by atoms with E-state index < -0.39 is 5.92 Å². The van der Waals surface area contributed by atoms with Gasteiger partial charge >= 0.3 is 0 Å². The van der Waals surface area contributed by atoms with Crippen LogP contribution in [0, 0.1) is 12.8 Å². The number of nitrogens with zero attached hydrogens (tertiary/aromatic N) is 4. The maximum Gasteiger partial charge on any atom is 0.232 e. The maximum atomic E-state index is 12.0. The zero-order valence-corrected chi connectivity index (χ0v) is 11.4. The van der Waals surface area contributed by atoms with Gasteiger partial charge in [0.2, 0.25) is 17.8 Å². The van der Waals surface area contributed by atoms with Gasteiger partial charge < -0.3 is 5.32 Å². The van der Waals surface area contributed by atoms with Gasteiger partial charge in [-0.1, -0.05) is 6.07 Å². The fourth-order valence-electron chi connectivity index (χ4n) is 2.19. The van der Waals surface area contributed by atoms with E-state index in [1.54, 1.807) is 36.0 Å². The van der Waals surface area contributed by atoms with E-state index in [-0.39, 0.29) is 18.2 Å². The summed E-state index contributed by atoms with van der Waals surface area (Å²) in [7, 11) is 0. The molecule has 0 aliphatic carbocycles. The van der Waals surface area contributed by atoms with Crippen LogP contribution in [0.3, 0.4) is 0 Å². The normalized spacial score (nSPS) is 17.0. The van der Waals surface area contributed by atoms with Crippen molar-refractivity contribution in [3.8, 4) is 0 Å². The molecule has 0 saturated heterocycles. The van der Waals surface area contributed by atoms with Crippen LogP contribution in [0.25, 0.3) is 0 Å². The molecule has 0 radical (unpaired) electrons. The van der Waals surface area contributed by atoms with Crippen molar-refractivity contribution >= 4 is 23.6 Å². The first kappa shape index (κ1) is 13.2. The number of rotatable bonds is 3. The lowest BCUT2D eigenvalue weighted by molar-refractivity contribution is -0.126. The molecule has 2 aromatic rings. The summed E-state index contributed by atoms with van der Waals surface area (Å²) in [6.07, 6.45) is 1.66. The third-order valence-electron chi connectivity index (χ3n) is 3.14. The van der Waals surface area contributed by atoms with Crippen LogP contribution in [0.15, 0.2) is 24.4 Å². The zero-order valence-electron chi connectivity index (χ0n) is 11.4. The average molecular weight is 286 g/mol. The molecule has 2 aromatic heterocycles. The number of pyridine rings is 1. The first-order valence-corrected chi connectivity index (χ1v) is 6.55. The average Bonchev–Trinajstić information content (AvgIpc) is 2.79. The van der Waals surface area contributed by atoms with Crippen LogP contribution in [0.4, 0.5) is 11.8 Å². The predicted octanol–water partition coefficient (Wildman–Crippen LogP) is 0.579. The second-order valence-corrected chi connectivity index (χ2v) is 4.82. The maximum absolute atomic E-state index is 12.0. The Morgan fingerprint density at radius 1 is 1.52 bits per heavy atom. The Labute approximate surface area is 120 Å². The summed E-state index contributed by atoms with van der Waals surface area (Å²) in [5.74, 6) is 0.543. The van der Waals surface area contributed by atoms with Crippen LogP contribution in [0.5, 0.6) is 0 Å². The van der Waals surface area contributed by atoms with Crippen molar-refractivity contribution in [1.82, 2.24) is 19.7 Å². The Bertz CT molecular complexity index is 681. The van der Waals surface area contributed by atoms with E-state index in [2.05, 4.69) is 25.7 Å². The fourth-order valence-corrected chi connectivity index (χ4v) is 2.19. The number of amides is 2. The first-order valence-electron chi connectivity index (χ1n) is 6.55. The van der Waals surface area contributed by atoms with Gasteiger partial charge in [0, 0.05) is 12.6 Å². The minimum Gasteiger partial charge on any atom is -0.311 e. The van der Waals surface area contributed by atoms with Gasteiger partial charge in [-0.05, 0) is 19.1 Å². The SMILES string of the molecule is Cc1nc2n(n1)C[C@@H](CC(=O)Nc1ccccn1)C(=O)N2. The van der Waals surface area contributed by atoms with E-state index >= 15 is 0 Å². The minimum atomic E-state index is -0.470. The monoisotopic (exact) mass is 286 g/mol. The highest BCUT2D eigenvalue weighted by Crippen LogP contribution is 2.19. The molecule has 0 bridgehead atoms. The topological polar surface area (TPSA) is 102 Å². The summed E-state index contributed by atoms with van der Waals surface area (Å²) in [4.78, 5) is 32.0. The summed E-state index contributed by atoms with van der Waals surface area (Å²) in [6, 6.07) is 5.23. The van der Waals surface area contributed by atoms with E-state index in [9.17, 15) is 9.59 Å². The number of carbonyl (C=O) groups excluding carboxylic acids is 2. The smallest absolute Gasteiger partial charge is 0.232 e. The lowest BCUT2D eigenvalue weighted by atomic mass is 10.0. The van der Waals surface area contributed by atoms with E-state index in [0.29, 0.717) is 24.1 Å². The van der Waals surface area contributed by atoms with Crippen LogP contribution >= 0.6 is 0 Å². The number of aryl methyl sites for hydroxylation is 1. The zero-order chi connectivity index (χ0) is 14.8. The molecule has 3 rings (SSSR count). The molecule has 21 heavy (non-hydrogen) atoms. The summed E-state index contributed by atoms with van der Waals surface area (Å²) in [5.41, 5.74) is 0. The van der Waals surface area contributed by atoms with Gasteiger partial charge in [-0.25, -0.2) is 9.67 Å². The highest BCUT2D eigenvalue weighted by atomic mass is 16.2. The van der Waals surface area contributed by atoms with Crippen molar-refractivity contribution < 1.29 is 9.59 Å². The van der Waals surface area contributed by atoms with E-state index in [4.69, 9.17) is 0 Å². The molecule has 1 atom stereocenters. The summed E-state index contributed by atoms with van der Waals surface area (Å²) in [5, 5.41) is 9.49. The molecule has 2 N–H and O–H groups in total. The van der Waals surface area contributed by atoms with Gasteiger partial charge in [-0.3, -0.25) is 14.9 Å². The number of nitrogens with one attached hydrogen (secondary N) is 2. The number of hydrogen-bond donors (Lipinski definition) is 2. The number of aromatic nitrogens is 4. The van der Waals surface area contributed by atoms with Crippen LogP contribution in [0.2, 0.25) is 0 Å². The second kappa shape index (κ2) is 5.31. The minimum absolute atomic E-state index is 0.0702. The van der Waals surface area contributed by atoms with Crippen molar-refractivity contribution in [2.24, 2.45) is 5.92 Å². The highest BCUT2D eigenvalue weighted by molar-refractivity contribution is 5.97. The molecule has 1 aliphatic rings. The van der Waals surface area contributed by atoms with Crippen molar-refractivity contribution in [3.63, 3.8) is 0 Å². The van der Waals surface area contributed by atoms with E-state index in [0.717, 1.165) is 0 Å². The van der Waals surface area contributed by atoms with Gasteiger partial charge in [-0.2, -0.15) is 10.1 Å². The Balaban J connectivity index is 1.65. The van der Waals surface area contributed by atoms with Crippen LogP contribution < -0.4 is 10.6 Å². The predicted molar refractivity (Wildman–Crippen MR) is 74.4 cm³/mol. The number of fused-ring (bicyclic) bond motifs is 1. The third kappa shape index (κ3) is 2.88.